The van der Waals surface area contributed by atoms with Crippen molar-refractivity contribution in [3.63, 3.8) is 0 Å². The van der Waals surface area contributed by atoms with E-state index in [2.05, 4.69) is 40.5 Å². The van der Waals surface area contributed by atoms with E-state index in [1.54, 1.807) is 0 Å². The summed E-state index contributed by atoms with van der Waals surface area (Å²) in [6.45, 7) is 8.00. The molecule has 2 aromatic rings. The number of hydrogen-bond acceptors (Lipinski definition) is 4. The smallest absolute Gasteiger partial charge is 0.0802 e. The number of aryl methyl sites for hydroxylation is 2. The van der Waals surface area contributed by atoms with Crippen LogP contribution in [0.15, 0.2) is 24.5 Å². The molecule has 0 saturated heterocycles. The summed E-state index contributed by atoms with van der Waals surface area (Å²) >= 11 is 0. The van der Waals surface area contributed by atoms with E-state index in [0.29, 0.717) is 0 Å². The van der Waals surface area contributed by atoms with E-state index in [4.69, 9.17) is 0 Å². The Morgan fingerprint density at radius 2 is 2.11 bits per heavy atom. The van der Waals surface area contributed by atoms with E-state index in [9.17, 15) is 0 Å². The highest BCUT2D eigenvalue weighted by Gasteiger charge is 2.18. The molecule has 0 fully saturated rings. The van der Waals surface area contributed by atoms with E-state index in [1.807, 2.05) is 30.1 Å². The van der Waals surface area contributed by atoms with E-state index in [0.717, 1.165) is 36.5 Å². The molecule has 0 bridgehead atoms. The van der Waals surface area contributed by atoms with Crippen molar-refractivity contribution in [3.05, 3.63) is 41.5 Å². The van der Waals surface area contributed by atoms with Crippen LogP contribution in [0, 0.1) is 6.92 Å². The maximum absolute atomic E-state index is 4.38. The fourth-order valence-electron chi connectivity index (χ4n) is 2.12. The molecule has 0 saturated carbocycles. The third-order valence-electron chi connectivity index (χ3n) is 3.05. The van der Waals surface area contributed by atoms with Gasteiger partial charge >= 0.3 is 0 Å². The second-order valence-corrected chi connectivity index (χ2v) is 4.61. The number of hydrogen-bond donors (Lipinski definition) is 1. The Bertz CT molecular complexity index is 503. The van der Waals surface area contributed by atoms with Gasteiger partial charge in [-0.15, -0.1) is 5.10 Å². The highest BCUT2D eigenvalue weighted by Crippen LogP contribution is 2.20. The molecule has 2 rings (SSSR count). The zero-order valence-corrected chi connectivity index (χ0v) is 11.8. The Morgan fingerprint density at radius 1 is 1.26 bits per heavy atom. The average molecular weight is 259 g/mol. The summed E-state index contributed by atoms with van der Waals surface area (Å²) in [4.78, 5) is 4.38. The first kappa shape index (κ1) is 13.7. The minimum atomic E-state index is 0.0969. The first-order valence-corrected chi connectivity index (χ1v) is 6.80. The predicted molar refractivity (Wildman–Crippen MR) is 74.8 cm³/mol. The minimum absolute atomic E-state index is 0.0969. The molecule has 19 heavy (non-hydrogen) atoms. The molecule has 0 amide bonds. The summed E-state index contributed by atoms with van der Waals surface area (Å²) in [7, 11) is 0. The molecule has 2 aromatic heterocycles. The second kappa shape index (κ2) is 6.43. The highest BCUT2D eigenvalue weighted by atomic mass is 15.4. The van der Waals surface area contributed by atoms with Crippen molar-refractivity contribution < 1.29 is 0 Å². The summed E-state index contributed by atoms with van der Waals surface area (Å²) in [6, 6.07) is 4.24. The Hall–Kier alpha value is -1.75. The summed E-state index contributed by atoms with van der Waals surface area (Å²) in [6.07, 6.45) is 4.80. The number of nitrogens with one attached hydrogen (secondary N) is 1. The van der Waals surface area contributed by atoms with Gasteiger partial charge in [-0.2, -0.15) is 0 Å². The summed E-state index contributed by atoms with van der Waals surface area (Å²) < 4.78 is 1.97. The molecule has 1 unspecified atom stereocenters. The molecule has 0 aliphatic heterocycles. The summed E-state index contributed by atoms with van der Waals surface area (Å²) in [5.74, 6) is 0. The van der Waals surface area contributed by atoms with Gasteiger partial charge in [0.1, 0.15) is 0 Å². The van der Waals surface area contributed by atoms with Crippen molar-refractivity contribution in [1.82, 2.24) is 25.3 Å². The van der Waals surface area contributed by atoms with Crippen molar-refractivity contribution in [3.8, 4) is 0 Å². The van der Waals surface area contributed by atoms with Gasteiger partial charge in [-0.25, -0.2) is 4.68 Å². The van der Waals surface area contributed by atoms with Gasteiger partial charge in [0.15, 0.2) is 0 Å². The average Bonchev–Trinajstić information content (AvgIpc) is 2.86. The lowest BCUT2D eigenvalue weighted by atomic mass is 10.1. The molecule has 5 nitrogen and oxygen atoms in total. The van der Waals surface area contributed by atoms with Gasteiger partial charge in [0.2, 0.25) is 0 Å². The zero-order chi connectivity index (χ0) is 13.7. The molecule has 0 aliphatic carbocycles. The van der Waals surface area contributed by atoms with E-state index in [1.165, 1.54) is 0 Å². The van der Waals surface area contributed by atoms with Crippen molar-refractivity contribution in [2.45, 2.75) is 39.8 Å². The van der Waals surface area contributed by atoms with Crippen molar-refractivity contribution >= 4 is 0 Å². The quantitative estimate of drug-likeness (QED) is 0.863. The van der Waals surface area contributed by atoms with Crippen LogP contribution in [0.4, 0.5) is 0 Å². The van der Waals surface area contributed by atoms with Crippen LogP contribution in [0.5, 0.6) is 0 Å². The Kier molecular flexibility index (Phi) is 4.63. The van der Waals surface area contributed by atoms with E-state index in [-0.39, 0.29) is 6.04 Å². The zero-order valence-electron chi connectivity index (χ0n) is 11.8. The molecule has 1 N–H and O–H groups in total. The lowest BCUT2D eigenvalue weighted by molar-refractivity contribution is 0.511. The molecule has 1 atom stereocenters. The van der Waals surface area contributed by atoms with Gasteiger partial charge in [0.05, 0.1) is 17.9 Å². The van der Waals surface area contributed by atoms with Crippen LogP contribution in [0.2, 0.25) is 0 Å². The van der Waals surface area contributed by atoms with Gasteiger partial charge < -0.3 is 5.32 Å². The first-order valence-electron chi connectivity index (χ1n) is 6.80. The van der Waals surface area contributed by atoms with Crippen molar-refractivity contribution in [2.24, 2.45) is 0 Å². The van der Waals surface area contributed by atoms with Gasteiger partial charge in [-0.1, -0.05) is 25.1 Å². The number of rotatable bonds is 6. The second-order valence-electron chi connectivity index (χ2n) is 4.61. The summed E-state index contributed by atoms with van der Waals surface area (Å²) in [5.41, 5.74) is 3.26. The third-order valence-corrected chi connectivity index (χ3v) is 3.05. The molecular formula is C14H21N5. The predicted octanol–water partition coefficient (Wildman–Crippen LogP) is 2.09. The molecule has 0 radical (unpaired) electrons. The molecule has 102 valence electrons. The molecule has 2 heterocycles. The SMILES string of the molecule is CCCn1nncc1C(NCC)c1ccc(C)nc1. The standard InChI is InChI=1S/C14H21N5/c1-4-8-19-13(10-17-18-19)14(15-5-2)12-7-6-11(3)16-9-12/h6-7,9-10,14-15H,4-5,8H2,1-3H3. The van der Waals surface area contributed by atoms with Crippen LogP contribution < -0.4 is 5.32 Å². The summed E-state index contributed by atoms with van der Waals surface area (Å²) in [5, 5.41) is 11.7. The lowest BCUT2D eigenvalue weighted by Crippen LogP contribution is -2.25. The van der Waals surface area contributed by atoms with Gasteiger partial charge in [0, 0.05) is 18.4 Å². The monoisotopic (exact) mass is 259 g/mol. The normalized spacial score (nSPS) is 12.6. The fraction of sp³-hybridized carbons (Fsp3) is 0.500. The first-order chi connectivity index (χ1) is 9.26. The number of aromatic nitrogens is 4. The maximum Gasteiger partial charge on any atom is 0.0802 e. The largest absolute Gasteiger partial charge is 0.305 e. The molecule has 0 spiro atoms. The molecule has 0 aliphatic rings. The van der Waals surface area contributed by atoms with Crippen molar-refractivity contribution in [2.75, 3.05) is 6.54 Å². The van der Waals surface area contributed by atoms with Gasteiger partial charge in [0.25, 0.3) is 0 Å². The molecule has 5 heteroatoms. The Morgan fingerprint density at radius 3 is 2.74 bits per heavy atom. The number of pyridine rings is 1. The highest BCUT2D eigenvalue weighted by molar-refractivity contribution is 5.25. The van der Waals surface area contributed by atoms with Crippen LogP contribution in [0.25, 0.3) is 0 Å². The number of nitrogens with zero attached hydrogens (tertiary/aromatic N) is 4. The minimum Gasteiger partial charge on any atom is -0.305 e. The Labute approximate surface area is 114 Å². The van der Waals surface area contributed by atoms with E-state index < -0.39 is 0 Å². The topological polar surface area (TPSA) is 55.6 Å². The maximum atomic E-state index is 4.38. The lowest BCUT2D eigenvalue weighted by Gasteiger charge is -2.18. The third kappa shape index (κ3) is 3.17. The van der Waals surface area contributed by atoms with Crippen LogP contribution in [0.3, 0.4) is 0 Å². The van der Waals surface area contributed by atoms with Gasteiger partial charge in [-0.3, -0.25) is 4.98 Å². The van der Waals surface area contributed by atoms with E-state index >= 15 is 0 Å². The molecular weight excluding hydrogens is 238 g/mol. The Balaban J connectivity index is 2.33. The van der Waals surface area contributed by atoms with Crippen LogP contribution in [-0.2, 0) is 6.54 Å². The van der Waals surface area contributed by atoms with Crippen LogP contribution >= 0.6 is 0 Å². The van der Waals surface area contributed by atoms with Crippen LogP contribution in [-0.4, -0.2) is 26.5 Å². The van der Waals surface area contributed by atoms with Crippen LogP contribution in [0.1, 0.15) is 43.3 Å². The van der Waals surface area contributed by atoms with Gasteiger partial charge in [-0.05, 0) is 31.5 Å². The molecule has 0 aromatic carbocycles. The fourth-order valence-corrected chi connectivity index (χ4v) is 2.12. The van der Waals surface area contributed by atoms with Crippen molar-refractivity contribution in [1.29, 1.82) is 0 Å².